The van der Waals surface area contributed by atoms with Gasteiger partial charge in [-0.1, -0.05) is 25.5 Å². The Kier molecular flexibility index (Phi) is 5.05. The van der Waals surface area contributed by atoms with Gasteiger partial charge in [0.15, 0.2) is 0 Å². The van der Waals surface area contributed by atoms with Crippen LogP contribution in [0.2, 0.25) is 0 Å². The maximum Gasteiger partial charge on any atom is 0.0795 e. The minimum absolute atomic E-state index is 0.467. The van der Waals surface area contributed by atoms with Gasteiger partial charge in [0.25, 0.3) is 0 Å². The van der Waals surface area contributed by atoms with Gasteiger partial charge in [-0.15, -0.1) is 47.0 Å². The number of allylic oxidation sites excluding steroid dienone is 1. The molecule has 0 aromatic carbocycles. The van der Waals surface area contributed by atoms with Crippen LogP contribution in [0.4, 0.5) is 0 Å². The summed E-state index contributed by atoms with van der Waals surface area (Å²) in [5.41, 5.74) is 3.03. The van der Waals surface area contributed by atoms with Crippen LogP contribution in [0.3, 0.4) is 0 Å². The van der Waals surface area contributed by atoms with Crippen molar-refractivity contribution in [3.8, 4) is 0 Å². The lowest BCUT2D eigenvalue weighted by Crippen LogP contribution is -2.52. The van der Waals surface area contributed by atoms with Crippen LogP contribution in [-0.2, 0) is 0 Å². The van der Waals surface area contributed by atoms with Crippen LogP contribution in [0.5, 0.6) is 0 Å². The van der Waals surface area contributed by atoms with E-state index in [9.17, 15) is 0 Å². The third kappa shape index (κ3) is 2.96. The van der Waals surface area contributed by atoms with Crippen molar-refractivity contribution in [1.29, 1.82) is 0 Å². The highest BCUT2D eigenvalue weighted by molar-refractivity contribution is 8.21. The van der Waals surface area contributed by atoms with E-state index in [0.717, 1.165) is 23.7 Å². The second kappa shape index (κ2) is 7.07. The number of fused-ring (bicyclic) bond motifs is 5. The van der Waals surface area contributed by atoms with Gasteiger partial charge >= 0.3 is 0 Å². The summed E-state index contributed by atoms with van der Waals surface area (Å²) in [6.45, 7) is 8.05. The van der Waals surface area contributed by atoms with Crippen LogP contribution < -0.4 is 0 Å². The van der Waals surface area contributed by atoms with E-state index in [-0.39, 0.29) is 0 Å². The molecule has 0 aromatic heterocycles. The second-order valence-electron chi connectivity index (χ2n) is 11.4. The summed E-state index contributed by atoms with van der Waals surface area (Å²) >= 11 is 9.13. The molecule has 0 nitrogen and oxygen atoms in total. The smallest absolute Gasteiger partial charge is 0.0795 e. The summed E-state index contributed by atoms with van der Waals surface area (Å²) in [5.74, 6) is 9.45. The van der Waals surface area contributed by atoms with Gasteiger partial charge in [-0.2, -0.15) is 0 Å². The minimum atomic E-state index is 0.467. The van der Waals surface area contributed by atoms with E-state index >= 15 is 0 Å². The molecule has 0 radical (unpaired) electrons. The Morgan fingerprint density at radius 2 is 1.48 bits per heavy atom. The average Bonchev–Trinajstić information content (AvgIpc) is 3.42. The van der Waals surface area contributed by atoms with Gasteiger partial charge in [0, 0.05) is 23.0 Å². The summed E-state index contributed by atoms with van der Waals surface area (Å²) in [7, 11) is 0. The Bertz CT molecular complexity index is 704. The fraction of sp³-hybridized carbons (Fsp3) is 0.920. The molecular formula is C25H38S4. The molecule has 29 heavy (non-hydrogen) atoms. The molecule has 5 fully saturated rings. The van der Waals surface area contributed by atoms with Crippen molar-refractivity contribution in [2.45, 2.75) is 80.3 Å². The minimum Gasteiger partial charge on any atom is -0.143 e. The predicted molar refractivity (Wildman–Crippen MR) is 136 cm³/mol. The van der Waals surface area contributed by atoms with Gasteiger partial charge in [0.05, 0.1) is 8.16 Å². The van der Waals surface area contributed by atoms with Crippen molar-refractivity contribution in [3.63, 3.8) is 0 Å². The molecule has 2 saturated heterocycles. The molecule has 3 saturated carbocycles. The molecule has 2 aliphatic heterocycles. The second-order valence-corrected chi connectivity index (χ2v) is 17.9. The van der Waals surface area contributed by atoms with E-state index in [1.54, 1.807) is 0 Å². The number of rotatable bonds is 1. The molecule has 0 amide bonds. The Morgan fingerprint density at radius 3 is 2.24 bits per heavy atom. The van der Waals surface area contributed by atoms with Crippen molar-refractivity contribution < 1.29 is 0 Å². The number of thioether (sulfide) groups is 4. The molecule has 6 atom stereocenters. The first-order valence-electron chi connectivity index (χ1n) is 12.2. The lowest BCUT2D eigenvalue weighted by molar-refractivity contribution is -0.0519. The first kappa shape index (κ1) is 20.7. The van der Waals surface area contributed by atoms with Crippen LogP contribution in [0, 0.1) is 34.5 Å². The third-order valence-electron chi connectivity index (χ3n) is 10.4. The van der Waals surface area contributed by atoms with Crippen LogP contribution in [0.25, 0.3) is 0 Å². The van der Waals surface area contributed by atoms with E-state index in [4.69, 9.17) is 0 Å². The zero-order valence-electron chi connectivity index (χ0n) is 18.5. The quantitative estimate of drug-likeness (QED) is 0.359. The van der Waals surface area contributed by atoms with E-state index in [2.05, 4.69) is 73.9 Å². The zero-order chi connectivity index (χ0) is 19.9. The van der Waals surface area contributed by atoms with Gasteiger partial charge in [-0.3, -0.25) is 0 Å². The van der Waals surface area contributed by atoms with E-state index in [0.29, 0.717) is 19.0 Å². The molecule has 6 unspecified atom stereocenters. The predicted octanol–water partition coefficient (Wildman–Crippen LogP) is 7.94. The van der Waals surface area contributed by atoms with Gasteiger partial charge < -0.3 is 0 Å². The van der Waals surface area contributed by atoms with Gasteiger partial charge in [-0.25, -0.2) is 0 Å². The molecule has 4 aliphatic carbocycles. The number of hydrogen-bond donors (Lipinski definition) is 0. The van der Waals surface area contributed by atoms with E-state index < -0.39 is 0 Å². The first-order chi connectivity index (χ1) is 13.9. The van der Waals surface area contributed by atoms with Crippen molar-refractivity contribution >= 4 is 47.0 Å². The SMILES string of the molecule is CC1(C2CCC3C4CCC5=CC6(CCC5(C)C4CCC32C)SCCS6)SCCS1. The van der Waals surface area contributed by atoms with Crippen molar-refractivity contribution in [3.05, 3.63) is 11.6 Å². The highest BCUT2D eigenvalue weighted by Gasteiger charge is 2.62. The fourth-order valence-electron chi connectivity index (χ4n) is 8.97. The standard InChI is InChI=1S/C25H38S4/c1-22-10-11-25(28-14-15-29-25)16-17(22)4-5-18-19-6-7-21(24(3)26-12-13-27-24)23(19,2)9-8-20(18)22/h16,18-21H,4-15H2,1-3H3. The topological polar surface area (TPSA) is 0 Å². The fourth-order valence-corrected chi connectivity index (χ4v) is 15.6. The molecule has 6 rings (SSSR count). The maximum atomic E-state index is 2.81. The Morgan fingerprint density at radius 1 is 0.759 bits per heavy atom. The third-order valence-corrected chi connectivity index (χ3v) is 17.3. The van der Waals surface area contributed by atoms with Gasteiger partial charge in [0.1, 0.15) is 0 Å². The van der Waals surface area contributed by atoms with Crippen molar-refractivity contribution in [2.75, 3.05) is 23.0 Å². The molecule has 2 heterocycles. The Balaban J connectivity index is 1.29. The lowest BCUT2D eigenvalue weighted by atomic mass is 9.46. The molecule has 1 spiro atoms. The van der Waals surface area contributed by atoms with Crippen LogP contribution >= 0.6 is 47.0 Å². The average molecular weight is 467 g/mol. The summed E-state index contributed by atoms with van der Waals surface area (Å²) in [6, 6.07) is 0. The Labute approximate surface area is 195 Å². The van der Waals surface area contributed by atoms with Crippen LogP contribution in [0.1, 0.15) is 72.1 Å². The van der Waals surface area contributed by atoms with Crippen molar-refractivity contribution in [1.82, 2.24) is 0 Å². The molecule has 4 heteroatoms. The largest absolute Gasteiger partial charge is 0.143 e. The Hall–Kier alpha value is 1.14. The summed E-state index contributed by atoms with van der Waals surface area (Å²) in [5, 5.41) is 0. The van der Waals surface area contributed by atoms with Gasteiger partial charge in [0.2, 0.25) is 0 Å². The van der Waals surface area contributed by atoms with Crippen LogP contribution in [0.15, 0.2) is 11.6 Å². The normalized spacial score (nSPS) is 50.1. The highest BCUT2D eigenvalue weighted by atomic mass is 32.2. The summed E-state index contributed by atoms with van der Waals surface area (Å²) < 4.78 is 0.975. The van der Waals surface area contributed by atoms with Crippen LogP contribution in [-0.4, -0.2) is 31.2 Å². The molecule has 0 aromatic rings. The van der Waals surface area contributed by atoms with E-state index in [1.807, 2.05) is 5.57 Å². The molecule has 162 valence electrons. The highest BCUT2D eigenvalue weighted by Crippen LogP contribution is 2.71. The summed E-state index contributed by atoms with van der Waals surface area (Å²) in [4.78, 5) is 0. The van der Waals surface area contributed by atoms with Gasteiger partial charge in [-0.05, 0) is 92.8 Å². The monoisotopic (exact) mass is 466 g/mol. The van der Waals surface area contributed by atoms with Crippen molar-refractivity contribution in [2.24, 2.45) is 34.5 Å². The molecule has 6 aliphatic rings. The molecule has 0 N–H and O–H groups in total. The zero-order valence-corrected chi connectivity index (χ0v) is 21.8. The molecular weight excluding hydrogens is 429 g/mol. The summed E-state index contributed by atoms with van der Waals surface area (Å²) in [6.07, 6.45) is 14.7. The maximum absolute atomic E-state index is 2.81. The van der Waals surface area contributed by atoms with E-state index in [1.165, 1.54) is 74.4 Å². The lowest BCUT2D eigenvalue weighted by Gasteiger charge is -2.60. The number of hydrogen-bond acceptors (Lipinski definition) is 4. The first-order valence-corrected chi connectivity index (χ1v) is 16.1. The molecule has 0 bridgehead atoms.